The first kappa shape index (κ1) is 73.1. The Morgan fingerprint density at radius 1 is 0.312 bits per heavy atom. The predicted octanol–water partition coefficient (Wildman–Crippen LogP) is 5.38. The number of nitrogens with zero attached hydrogens (tertiary/aromatic N) is 10. The van der Waals surface area contributed by atoms with Crippen molar-refractivity contribution in [2.45, 2.75) is 99.7 Å². The highest BCUT2D eigenvalue weighted by Gasteiger charge is 2.34. The molecule has 112 heavy (non-hydrogen) atoms. The van der Waals surface area contributed by atoms with Crippen LogP contribution in [0, 0.1) is 0 Å². The summed E-state index contributed by atoms with van der Waals surface area (Å²) >= 11 is 0. The number of hydrogen-bond acceptors (Lipinski definition) is 22. The predicted molar refractivity (Wildman–Crippen MR) is 434 cm³/mol. The summed E-state index contributed by atoms with van der Waals surface area (Å²) in [7, 11) is 0. The van der Waals surface area contributed by atoms with E-state index in [1.54, 1.807) is 0 Å². The Kier molecular flexibility index (Phi) is 21.1. The molecular formula is C84H94N20O8. The summed E-state index contributed by atoms with van der Waals surface area (Å²) in [6.45, 7) is 7.98. The third-order valence-corrected chi connectivity index (χ3v) is 23.0. The van der Waals surface area contributed by atoms with Crippen molar-refractivity contribution in [1.82, 2.24) is 82.1 Å². The number of carbonyl (C=O) groups excluding carboxylic acids is 4. The van der Waals surface area contributed by atoms with Crippen LogP contribution >= 0.6 is 0 Å². The summed E-state index contributed by atoms with van der Waals surface area (Å²) in [4.78, 5) is 103. The first-order chi connectivity index (χ1) is 54.8. The molecule has 3 aromatic heterocycles. The molecule has 10 aliphatic rings. The van der Waals surface area contributed by atoms with E-state index in [1.165, 1.54) is 0 Å². The second kappa shape index (κ2) is 32.3. The van der Waals surface area contributed by atoms with E-state index in [9.17, 15) is 39.6 Å². The number of carbonyl (C=O) groups is 4. The molecule has 0 unspecified atom stereocenters. The number of aromatic nitrogens is 4. The molecule has 0 aliphatic carbocycles. The molecule has 4 fully saturated rings. The number of guanidine groups is 4. The largest absolute Gasteiger partial charge is 0.394 e. The highest BCUT2D eigenvalue weighted by Crippen LogP contribution is 2.40. The Labute approximate surface area is 647 Å². The molecule has 8 atom stereocenters. The molecule has 7 aromatic rings. The van der Waals surface area contributed by atoms with Gasteiger partial charge in [0.05, 0.1) is 73.4 Å². The van der Waals surface area contributed by atoms with E-state index in [0.717, 1.165) is 194 Å². The van der Waals surface area contributed by atoms with Crippen molar-refractivity contribution >= 4 is 93.8 Å². The van der Waals surface area contributed by atoms with Crippen LogP contribution in [0.25, 0.3) is 90.9 Å². The molecule has 0 radical (unpaired) electrons. The molecular weight excluding hydrogens is 1420 g/mol. The maximum atomic E-state index is 14.1. The Hall–Kier alpha value is -11.7. The summed E-state index contributed by atoms with van der Waals surface area (Å²) in [6.07, 6.45) is 14.5. The smallest absolute Gasteiger partial charge is 0.251 e. The molecule has 10 aliphatic heterocycles. The minimum atomic E-state index is -0.226. The number of aliphatic imine (C=N–C) groups is 4. The van der Waals surface area contributed by atoms with Crippen LogP contribution in [0.15, 0.2) is 141 Å². The second-order valence-corrected chi connectivity index (χ2v) is 30.4. The normalized spacial score (nSPS) is 22.3. The van der Waals surface area contributed by atoms with Gasteiger partial charge < -0.3 is 92.5 Å². The van der Waals surface area contributed by atoms with Gasteiger partial charge >= 0.3 is 0 Å². The van der Waals surface area contributed by atoms with Crippen LogP contribution in [-0.4, -0.2) is 261 Å². The molecule has 8 bridgehead atoms. The molecule has 17 rings (SSSR count). The van der Waals surface area contributed by atoms with E-state index in [1.807, 2.05) is 146 Å². The number of hydrogen-bond donors (Lipinski definition) is 14. The molecule has 28 nitrogen and oxygen atoms in total. The zero-order valence-corrected chi connectivity index (χ0v) is 62.3. The molecule has 4 saturated heterocycles. The molecule has 28 heteroatoms. The quantitative estimate of drug-likeness (QED) is 0.0455. The van der Waals surface area contributed by atoms with Gasteiger partial charge in [0.15, 0.2) is 23.8 Å². The van der Waals surface area contributed by atoms with E-state index in [2.05, 4.69) is 72.1 Å². The van der Waals surface area contributed by atoms with Crippen LogP contribution in [-0.2, 0) is 0 Å². The number of fused-ring (bicyclic) bond motifs is 12. The monoisotopic (exact) mass is 1510 g/mol. The summed E-state index contributed by atoms with van der Waals surface area (Å²) in [5.41, 5.74) is 13.4. The lowest BCUT2D eigenvalue weighted by molar-refractivity contribution is 0.0940. The lowest BCUT2D eigenvalue weighted by Gasteiger charge is -2.39. The molecule has 13 heterocycles. The maximum Gasteiger partial charge on any atom is 0.251 e. The average molecular weight is 1510 g/mol. The van der Waals surface area contributed by atoms with Crippen LogP contribution < -0.4 is 42.5 Å². The van der Waals surface area contributed by atoms with Crippen molar-refractivity contribution in [2.75, 3.05) is 105 Å². The van der Waals surface area contributed by atoms with Crippen LogP contribution in [0.4, 0.5) is 0 Å². The van der Waals surface area contributed by atoms with Gasteiger partial charge in [-0.2, -0.15) is 0 Å². The van der Waals surface area contributed by atoms with Crippen molar-refractivity contribution in [3.63, 3.8) is 0 Å². The van der Waals surface area contributed by atoms with Crippen LogP contribution in [0.5, 0.6) is 0 Å². The molecule has 0 saturated carbocycles. The lowest BCUT2D eigenvalue weighted by Crippen LogP contribution is -2.58. The summed E-state index contributed by atoms with van der Waals surface area (Å²) < 4.78 is 0. The van der Waals surface area contributed by atoms with Gasteiger partial charge in [0.25, 0.3) is 23.6 Å². The minimum absolute atomic E-state index is 0.00982. The Bertz CT molecular complexity index is 4490. The van der Waals surface area contributed by atoms with Gasteiger partial charge in [-0.25, -0.2) is 29.9 Å². The molecule has 4 amide bonds. The zero-order valence-electron chi connectivity index (χ0n) is 62.3. The third kappa shape index (κ3) is 15.6. The number of H-pyrrole nitrogens is 2. The summed E-state index contributed by atoms with van der Waals surface area (Å²) in [5.74, 6) is 2.14. The van der Waals surface area contributed by atoms with Crippen LogP contribution in [0.3, 0.4) is 0 Å². The minimum Gasteiger partial charge on any atom is -0.394 e. The van der Waals surface area contributed by atoms with Crippen molar-refractivity contribution < 1.29 is 39.6 Å². The highest BCUT2D eigenvalue weighted by atomic mass is 16.3. The lowest BCUT2D eigenvalue weighted by atomic mass is 10.0. The Morgan fingerprint density at radius 3 is 0.741 bits per heavy atom. The van der Waals surface area contributed by atoms with Gasteiger partial charge in [-0.15, -0.1) is 0 Å². The average Bonchev–Trinajstić information content (AvgIpc) is 1.61. The maximum absolute atomic E-state index is 14.1. The van der Waals surface area contributed by atoms with Crippen LogP contribution in [0.1, 0.15) is 116 Å². The van der Waals surface area contributed by atoms with Crippen molar-refractivity contribution in [3.05, 3.63) is 166 Å². The highest BCUT2D eigenvalue weighted by molar-refractivity contribution is 6.03. The van der Waals surface area contributed by atoms with Gasteiger partial charge in [-0.1, -0.05) is 48.5 Å². The fraction of sp³-hybridized carbons (Fsp3) is 0.381. The molecule has 0 spiro atoms. The number of rotatable bonds is 20. The molecule has 578 valence electrons. The Morgan fingerprint density at radius 2 is 0.527 bits per heavy atom. The van der Waals surface area contributed by atoms with Crippen molar-refractivity contribution in [1.29, 1.82) is 0 Å². The zero-order chi connectivity index (χ0) is 76.3. The first-order valence-corrected chi connectivity index (χ1v) is 39.4. The van der Waals surface area contributed by atoms with Crippen molar-refractivity contribution in [2.24, 2.45) is 20.0 Å². The molecule has 14 N–H and O–H groups in total. The summed E-state index contributed by atoms with van der Waals surface area (Å²) in [5, 5.41) is 66.0. The van der Waals surface area contributed by atoms with E-state index in [0.29, 0.717) is 71.2 Å². The van der Waals surface area contributed by atoms with Gasteiger partial charge in [0.2, 0.25) is 0 Å². The number of aromatic amines is 2. The fourth-order valence-corrected chi connectivity index (χ4v) is 16.6. The van der Waals surface area contributed by atoms with E-state index < -0.39 is 0 Å². The number of benzene rings is 4. The number of amides is 4. The van der Waals surface area contributed by atoms with Crippen molar-refractivity contribution in [3.8, 4) is 44.5 Å². The van der Waals surface area contributed by atoms with Gasteiger partial charge in [0.1, 0.15) is 0 Å². The number of nitrogens with one attached hydrogen (secondary N) is 10. The number of aliphatic hydroxyl groups excluding tert-OH is 4. The van der Waals surface area contributed by atoms with Gasteiger partial charge in [-0.05, 0) is 171 Å². The topological polar surface area (TPSA) is 365 Å². The van der Waals surface area contributed by atoms with E-state index in [4.69, 9.17) is 29.9 Å². The standard InChI is InChI=1S/C84H94N20O8/c105-45-61-29-37-101-33-25-57(89-81(101)93-61)41-85-77(109)53-9-1-49(2-10-53)73-65-17-19-67(97-65)74(50-3-11-54(12-4-50)78(110)86-42-58-26-34-102-38-30-62(46-106)94-82(102)90-58)69-21-23-71(99-69)76(52-7-15-56(16-8-52)80(112)88-44-60-28-36-104-40-32-64(48-108)96-84(104)92-60)72-24-22-70(100-72)75(68-20-18-66(73)98-68)51-5-13-55(14-6-51)79(111)87-43-59-27-35-103-39-31-63(47-107)95-83(103)91-59/h1-24,57-64,97,100,105-108H,25-48H2,(H,85,109)(H,86,110)(H,87,111)(H,88,112)(H,89,93)(H,90,94)(H,91,95)(H,92,96)/t57-,58+,59-,60+,61-,62+,63-,64+. The first-order valence-electron chi connectivity index (χ1n) is 39.4. The number of aliphatic hydroxyl groups is 4. The van der Waals surface area contributed by atoms with E-state index in [-0.39, 0.29) is 98.4 Å². The SMILES string of the molecule is O=C(NC[C@H]1CCN2CC[C@H](CO)N=C2N1)c1ccc(-c2c3nc(c(-c4ccc(C(=O)NC[C@H]5CCN6CC[C@H](CO)N=C6N5)cc4)c4ccc([nH]4)c(-c4ccc(C(=O)NC[C@@H]5CCN6CC[C@@H](CO)N=C6N5)cc4)c4nc(c(-c5ccc(C(=O)NC[C@@H]6CCN7CC[C@@H](CO)N=C7N6)cc5)c5ccc2[nH]5)C=C4)C=C3)cc1. The Balaban J connectivity index is 0.743. The fourth-order valence-electron chi connectivity index (χ4n) is 16.6. The second-order valence-electron chi connectivity index (χ2n) is 30.4. The molecule has 4 aromatic carbocycles. The van der Waals surface area contributed by atoms with Gasteiger partial charge in [0, 0.05) is 169 Å². The summed E-state index contributed by atoms with van der Waals surface area (Å²) in [6, 6.07) is 37.5. The van der Waals surface area contributed by atoms with E-state index >= 15 is 0 Å². The van der Waals surface area contributed by atoms with Gasteiger partial charge in [-0.3, -0.25) is 19.2 Å². The van der Waals surface area contributed by atoms with Crippen LogP contribution in [0.2, 0.25) is 0 Å². The third-order valence-electron chi connectivity index (χ3n) is 23.0.